The smallest absolute Gasteiger partial charge is 0.326 e. The predicted octanol–water partition coefficient (Wildman–Crippen LogP) is 4.73. The van der Waals surface area contributed by atoms with Crippen LogP contribution in [-0.4, -0.2) is 37.2 Å². The Kier molecular flexibility index (Phi) is 6.14. The first-order chi connectivity index (χ1) is 12.9. The van der Waals surface area contributed by atoms with Crippen LogP contribution in [0, 0.1) is 0 Å². The van der Waals surface area contributed by atoms with E-state index < -0.39 is 17.9 Å². The van der Waals surface area contributed by atoms with E-state index in [-0.39, 0.29) is 4.32 Å². The SMILES string of the molecule is CCCC[C@H](C(=O)O)N1C(=O)/C(=C/c2ccc3cccc(Cl)c3n2)SC1=S. The predicted molar refractivity (Wildman–Crippen MR) is 113 cm³/mol. The molecule has 1 aromatic carbocycles. The number of amides is 1. The van der Waals surface area contributed by atoms with Crippen LogP contribution in [0.3, 0.4) is 0 Å². The summed E-state index contributed by atoms with van der Waals surface area (Å²) in [6, 6.07) is 8.23. The molecule has 1 N–H and O–H groups in total. The molecular formula is C19H17ClN2O3S2. The van der Waals surface area contributed by atoms with E-state index in [1.807, 2.05) is 25.1 Å². The van der Waals surface area contributed by atoms with Gasteiger partial charge < -0.3 is 5.11 Å². The van der Waals surface area contributed by atoms with Crippen LogP contribution in [0.25, 0.3) is 17.0 Å². The lowest BCUT2D eigenvalue weighted by Gasteiger charge is -2.22. The van der Waals surface area contributed by atoms with E-state index >= 15 is 0 Å². The number of halogens is 1. The molecule has 0 aliphatic carbocycles. The van der Waals surface area contributed by atoms with Crippen LogP contribution in [0.5, 0.6) is 0 Å². The second-order valence-electron chi connectivity index (χ2n) is 6.10. The minimum Gasteiger partial charge on any atom is -0.480 e. The van der Waals surface area contributed by atoms with Gasteiger partial charge in [0.2, 0.25) is 0 Å². The number of thiocarbonyl (C=S) groups is 1. The Labute approximate surface area is 171 Å². The molecule has 3 rings (SSSR count). The number of aromatic nitrogens is 1. The van der Waals surface area contributed by atoms with Crippen LogP contribution < -0.4 is 0 Å². The third-order valence-electron chi connectivity index (χ3n) is 4.22. The first-order valence-corrected chi connectivity index (χ1v) is 10.1. The fraction of sp³-hybridized carbons (Fsp3) is 0.263. The third kappa shape index (κ3) is 4.15. The topological polar surface area (TPSA) is 70.5 Å². The Morgan fingerprint density at radius 1 is 1.41 bits per heavy atom. The van der Waals surface area contributed by atoms with Gasteiger partial charge in [-0.2, -0.15) is 0 Å². The summed E-state index contributed by atoms with van der Waals surface area (Å²) in [5, 5.41) is 10.9. The highest BCUT2D eigenvalue weighted by atomic mass is 35.5. The number of rotatable bonds is 6. The zero-order valence-electron chi connectivity index (χ0n) is 14.5. The Balaban J connectivity index is 1.92. The highest BCUT2D eigenvalue weighted by Gasteiger charge is 2.40. The fourth-order valence-corrected chi connectivity index (χ4v) is 4.42. The first-order valence-electron chi connectivity index (χ1n) is 8.47. The summed E-state index contributed by atoms with van der Waals surface area (Å²) < 4.78 is 0.258. The van der Waals surface area contributed by atoms with Crippen LogP contribution in [0.1, 0.15) is 31.9 Å². The van der Waals surface area contributed by atoms with Gasteiger partial charge in [-0.25, -0.2) is 9.78 Å². The maximum atomic E-state index is 12.8. The number of hydrogen-bond donors (Lipinski definition) is 1. The van der Waals surface area contributed by atoms with Crippen LogP contribution in [0.2, 0.25) is 5.02 Å². The number of fused-ring (bicyclic) bond motifs is 1. The van der Waals surface area contributed by atoms with Crippen molar-refractivity contribution in [2.45, 2.75) is 32.2 Å². The molecule has 5 nitrogen and oxygen atoms in total. The van der Waals surface area contributed by atoms with Gasteiger partial charge in [-0.05, 0) is 24.6 Å². The van der Waals surface area contributed by atoms with E-state index in [1.165, 1.54) is 4.90 Å². The number of carbonyl (C=O) groups excluding carboxylic acids is 1. The monoisotopic (exact) mass is 420 g/mol. The van der Waals surface area contributed by atoms with Crippen molar-refractivity contribution in [3.05, 3.63) is 46.0 Å². The molecule has 2 heterocycles. The molecule has 1 fully saturated rings. The maximum Gasteiger partial charge on any atom is 0.326 e. The van der Waals surface area contributed by atoms with Crippen molar-refractivity contribution in [1.82, 2.24) is 9.88 Å². The molecule has 0 unspecified atom stereocenters. The van der Waals surface area contributed by atoms with Crippen molar-refractivity contribution in [1.29, 1.82) is 0 Å². The molecule has 0 saturated carbocycles. The van der Waals surface area contributed by atoms with Crippen molar-refractivity contribution in [2.75, 3.05) is 0 Å². The Morgan fingerprint density at radius 3 is 2.89 bits per heavy atom. The molecule has 1 aromatic heterocycles. The van der Waals surface area contributed by atoms with Gasteiger partial charge in [0.15, 0.2) is 0 Å². The van der Waals surface area contributed by atoms with Crippen molar-refractivity contribution < 1.29 is 14.7 Å². The molecule has 0 radical (unpaired) electrons. The molecule has 1 saturated heterocycles. The molecule has 1 aliphatic heterocycles. The van der Waals surface area contributed by atoms with Crippen molar-refractivity contribution in [3.8, 4) is 0 Å². The summed E-state index contributed by atoms with van der Waals surface area (Å²) in [5.41, 5.74) is 1.21. The fourth-order valence-electron chi connectivity index (χ4n) is 2.85. The summed E-state index contributed by atoms with van der Waals surface area (Å²) in [4.78, 5) is 30.5. The number of hydrogen-bond acceptors (Lipinski definition) is 5. The minimum atomic E-state index is -1.04. The normalized spacial score (nSPS) is 17.1. The number of aliphatic carboxylic acids is 1. The van der Waals surface area contributed by atoms with Gasteiger partial charge in [0, 0.05) is 5.39 Å². The second-order valence-corrected chi connectivity index (χ2v) is 8.18. The average molecular weight is 421 g/mol. The van der Waals surface area contributed by atoms with Crippen LogP contribution in [0.15, 0.2) is 35.2 Å². The van der Waals surface area contributed by atoms with Crippen LogP contribution >= 0.6 is 35.6 Å². The Bertz CT molecular complexity index is 961. The van der Waals surface area contributed by atoms with Gasteiger partial charge in [0.05, 0.1) is 21.1 Å². The van der Waals surface area contributed by atoms with Crippen molar-refractivity contribution >= 4 is 68.8 Å². The first kappa shape index (κ1) is 19.8. The third-order valence-corrected chi connectivity index (χ3v) is 5.86. The number of carbonyl (C=O) groups is 2. The molecule has 1 amide bonds. The Morgan fingerprint density at radius 2 is 2.19 bits per heavy atom. The molecule has 140 valence electrons. The van der Waals surface area contributed by atoms with E-state index in [4.69, 9.17) is 23.8 Å². The van der Waals surface area contributed by atoms with Gasteiger partial charge >= 0.3 is 5.97 Å². The summed E-state index contributed by atoms with van der Waals surface area (Å²) in [7, 11) is 0. The largest absolute Gasteiger partial charge is 0.480 e. The maximum absolute atomic E-state index is 12.8. The number of para-hydroxylation sites is 1. The standard InChI is InChI=1S/C19H17ClN2O3S2/c1-2-3-7-14(18(24)25)22-17(23)15(27-19(22)26)10-12-9-8-11-5-4-6-13(20)16(11)21-12/h4-6,8-10,14H,2-3,7H2,1H3,(H,24,25)/b15-10-/t14-/m1/s1. The lowest BCUT2D eigenvalue weighted by Crippen LogP contribution is -2.43. The van der Waals surface area contributed by atoms with Crippen LogP contribution in [-0.2, 0) is 9.59 Å². The molecule has 1 atom stereocenters. The average Bonchev–Trinajstić information content (AvgIpc) is 2.90. The van der Waals surface area contributed by atoms with E-state index in [0.29, 0.717) is 34.0 Å². The van der Waals surface area contributed by atoms with Gasteiger partial charge in [-0.1, -0.05) is 73.5 Å². The molecule has 2 aromatic rings. The zero-order chi connectivity index (χ0) is 19.6. The summed E-state index contributed by atoms with van der Waals surface area (Å²) in [6.07, 6.45) is 3.55. The zero-order valence-corrected chi connectivity index (χ0v) is 16.9. The van der Waals surface area contributed by atoms with E-state index in [1.54, 1.807) is 18.2 Å². The molecule has 8 heteroatoms. The lowest BCUT2D eigenvalue weighted by molar-refractivity contribution is -0.145. The van der Waals surface area contributed by atoms with Gasteiger partial charge in [-0.15, -0.1) is 0 Å². The van der Waals surface area contributed by atoms with Crippen molar-refractivity contribution in [3.63, 3.8) is 0 Å². The Hall–Kier alpha value is -1.96. The summed E-state index contributed by atoms with van der Waals surface area (Å²) in [6.45, 7) is 1.97. The van der Waals surface area contributed by atoms with Crippen molar-refractivity contribution in [2.24, 2.45) is 0 Å². The molecule has 27 heavy (non-hydrogen) atoms. The molecule has 1 aliphatic rings. The lowest BCUT2D eigenvalue weighted by atomic mass is 10.1. The highest BCUT2D eigenvalue weighted by Crippen LogP contribution is 2.35. The number of carboxylic acid groups (broad SMARTS) is 1. The summed E-state index contributed by atoms with van der Waals surface area (Å²) in [5.74, 6) is -1.44. The van der Waals surface area contributed by atoms with E-state index in [0.717, 1.165) is 23.6 Å². The van der Waals surface area contributed by atoms with E-state index in [9.17, 15) is 14.7 Å². The highest BCUT2D eigenvalue weighted by molar-refractivity contribution is 8.26. The van der Waals surface area contributed by atoms with E-state index in [2.05, 4.69) is 4.98 Å². The minimum absolute atomic E-state index is 0.258. The number of nitrogens with zero attached hydrogens (tertiary/aromatic N) is 2. The van der Waals surface area contributed by atoms with Gasteiger partial charge in [0.25, 0.3) is 5.91 Å². The summed E-state index contributed by atoms with van der Waals surface area (Å²) >= 11 is 12.6. The number of thioether (sulfide) groups is 1. The number of benzene rings is 1. The van der Waals surface area contributed by atoms with Gasteiger partial charge in [-0.3, -0.25) is 9.69 Å². The molecular weight excluding hydrogens is 404 g/mol. The van der Waals surface area contributed by atoms with Gasteiger partial charge in [0.1, 0.15) is 10.4 Å². The molecule has 0 spiro atoms. The molecule has 0 bridgehead atoms. The quantitative estimate of drug-likeness (QED) is 0.538. The number of pyridine rings is 1. The number of carboxylic acids is 1. The number of unbranched alkanes of at least 4 members (excludes halogenated alkanes) is 1. The van der Waals surface area contributed by atoms with Crippen LogP contribution in [0.4, 0.5) is 0 Å². The second kappa shape index (κ2) is 8.37.